The predicted octanol–water partition coefficient (Wildman–Crippen LogP) is 7.68. The molecule has 8 heteroatoms. The lowest BCUT2D eigenvalue weighted by Crippen LogP contribution is -2.39. The zero-order chi connectivity index (χ0) is 28.5. The van der Waals surface area contributed by atoms with Crippen LogP contribution < -0.4 is 10.2 Å². The van der Waals surface area contributed by atoms with E-state index in [-0.39, 0.29) is 6.03 Å². The van der Waals surface area contributed by atoms with E-state index in [2.05, 4.69) is 22.3 Å². The first-order chi connectivity index (χ1) is 19.2. The number of nitrogens with zero attached hydrogens (tertiary/aromatic N) is 2. The number of aliphatic carboxylic acids is 1. The van der Waals surface area contributed by atoms with E-state index in [1.165, 1.54) is 17.3 Å². The summed E-state index contributed by atoms with van der Waals surface area (Å²) in [4.78, 5) is 29.9. The Bertz CT molecular complexity index is 1240. The summed E-state index contributed by atoms with van der Waals surface area (Å²) in [7, 11) is 0. The van der Waals surface area contributed by atoms with Crippen LogP contribution in [0.4, 0.5) is 16.2 Å². The molecule has 212 valence electrons. The molecule has 0 bridgehead atoms. The number of carboxylic acids is 1. The Morgan fingerprint density at radius 3 is 2.27 bits per heavy atom. The number of benzene rings is 3. The Hall–Kier alpha value is -3.00. The number of urea groups is 1. The summed E-state index contributed by atoms with van der Waals surface area (Å²) in [6, 6.07) is 25.1. The molecule has 2 N–H and O–H groups in total. The first kappa shape index (κ1) is 30.0. The molecule has 40 heavy (non-hydrogen) atoms. The fourth-order valence-electron chi connectivity index (χ4n) is 4.91. The van der Waals surface area contributed by atoms with Crippen molar-refractivity contribution in [3.63, 3.8) is 0 Å². The van der Waals surface area contributed by atoms with Gasteiger partial charge in [0, 0.05) is 27.8 Å². The number of carbonyl (C=O) groups is 2. The zero-order valence-corrected chi connectivity index (χ0v) is 24.8. The second kappa shape index (κ2) is 14.1. The molecule has 1 heterocycles. The molecule has 3 aromatic rings. The number of halogens is 1. The first-order valence-corrected chi connectivity index (χ1v) is 15.0. The molecule has 0 radical (unpaired) electrons. The first-order valence-electron chi connectivity index (χ1n) is 13.8. The van der Waals surface area contributed by atoms with Crippen molar-refractivity contribution in [3.8, 4) is 0 Å². The standard InChI is InChI=1S/C32H38ClN3O3S/c1-32(2,30(37)38)40-29-15-9-24(10-16-29)23-25-17-21-35(22-18-25)19-6-20-36(28-7-4-3-5-8-28)31(39)34-27-13-11-26(33)12-14-27/h3-5,7-16,25H,6,17-23H2,1-2H3,(H,34,39)(H,37,38). The quantitative estimate of drug-likeness (QED) is 0.228. The lowest BCUT2D eigenvalue weighted by Gasteiger charge is -2.32. The number of rotatable bonds is 11. The van der Waals surface area contributed by atoms with Gasteiger partial charge in [0.05, 0.1) is 0 Å². The highest BCUT2D eigenvalue weighted by molar-refractivity contribution is 8.01. The van der Waals surface area contributed by atoms with Crippen LogP contribution >= 0.6 is 23.4 Å². The Labute approximate surface area is 246 Å². The molecule has 0 spiro atoms. The van der Waals surface area contributed by atoms with Gasteiger partial charge in [-0.2, -0.15) is 0 Å². The van der Waals surface area contributed by atoms with Crippen LogP contribution in [0.15, 0.2) is 83.8 Å². The molecule has 6 nitrogen and oxygen atoms in total. The molecule has 1 aliphatic rings. The number of likely N-dealkylation sites (tertiary alicyclic amines) is 1. The fourth-order valence-corrected chi connectivity index (χ4v) is 5.99. The lowest BCUT2D eigenvalue weighted by molar-refractivity contribution is -0.138. The number of hydrogen-bond acceptors (Lipinski definition) is 4. The third-order valence-corrected chi connectivity index (χ3v) is 8.75. The van der Waals surface area contributed by atoms with E-state index in [0.717, 1.165) is 61.6 Å². The lowest BCUT2D eigenvalue weighted by atomic mass is 9.90. The summed E-state index contributed by atoms with van der Waals surface area (Å²) in [5, 5.41) is 13.0. The van der Waals surface area contributed by atoms with Crippen LogP contribution in [0.5, 0.6) is 0 Å². The van der Waals surface area contributed by atoms with E-state index >= 15 is 0 Å². The summed E-state index contributed by atoms with van der Waals surface area (Å²) in [6.07, 6.45) is 4.25. The molecule has 0 saturated carbocycles. The normalized spacial score (nSPS) is 14.6. The Balaban J connectivity index is 1.23. The number of amides is 2. The van der Waals surface area contributed by atoms with Gasteiger partial charge < -0.3 is 15.3 Å². The average Bonchev–Trinajstić information content (AvgIpc) is 2.94. The van der Waals surface area contributed by atoms with Gasteiger partial charge in [-0.25, -0.2) is 4.79 Å². The highest BCUT2D eigenvalue weighted by atomic mass is 35.5. The van der Waals surface area contributed by atoms with Crippen molar-refractivity contribution in [1.82, 2.24) is 4.90 Å². The van der Waals surface area contributed by atoms with E-state index in [4.69, 9.17) is 11.6 Å². The molecular formula is C32H38ClN3O3S. The third-order valence-electron chi connectivity index (χ3n) is 7.31. The van der Waals surface area contributed by atoms with Gasteiger partial charge in [-0.1, -0.05) is 41.9 Å². The number of thioether (sulfide) groups is 1. The van der Waals surface area contributed by atoms with Crippen molar-refractivity contribution >= 4 is 46.7 Å². The molecule has 0 unspecified atom stereocenters. The van der Waals surface area contributed by atoms with Gasteiger partial charge in [-0.3, -0.25) is 9.69 Å². The van der Waals surface area contributed by atoms with Crippen LogP contribution in [0.25, 0.3) is 0 Å². The van der Waals surface area contributed by atoms with Gasteiger partial charge >= 0.3 is 12.0 Å². The molecule has 3 aromatic carbocycles. The van der Waals surface area contributed by atoms with Crippen molar-refractivity contribution < 1.29 is 14.7 Å². The second-order valence-electron chi connectivity index (χ2n) is 10.8. The Morgan fingerprint density at radius 1 is 1.00 bits per heavy atom. The van der Waals surface area contributed by atoms with Crippen LogP contribution in [-0.4, -0.2) is 52.9 Å². The topological polar surface area (TPSA) is 72.9 Å². The molecule has 0 aliphatic carbocycles. The third kappa shape index (κ3) is 8.75. The molecular weight excluding hydrogens is 542 g/mol. The van der Waals surface area contributed by atoms with Crippen molar-refractivity contribution in [2.45, 2.75) is 49.2 Å². The van der Waals surface area contributed by atoms with Gasteiger partial charge in [0.25, 0.3) is 0 Å². The van der Waals surface area contributed by atoms with Crippen molar-refractivity contribution in [1.29, 1.82) is 0 Å². The number of nitrogens with one attached hydrogen (secondary N) is 1. The van der Waals surface area contributed by atoms with E-state index in [1.807, 2.05) is 42.5 Å². The minimum absolute atomic E-state index is 0.150. The van der Waals surface area contributed by atoms with Gasteiger partial charge in [0.15, 0.2) is 0 Å². The number of piperidine rings is 1. The number of carboxylic acid groups (broad SMARTS) is 1. The summed E-state index contributed by atoms with van der Waals surface area (Å²) in [6.45, 7) is 7.18. The van der Waals surface area contributed by atoms with Crippen molar-refractivity contribution in [2.24, 2.45) is 5.92 Å². The van der Waals surface area contributed by atoms with Crippen LogP contribution in [0, 0.1) is 5.92 Å². The Morgan fingerprint density at radius 2 is 1.65 bits per heavy atom. The van der Waals surface area contributed by atoms with E-state index in [0.29, 0.717) is 17.5 Å². The van der Waals surface area contributed by atoms with Gasteiger partial charge in [0.2, 0.25) is 0 Å². The van der Waals surface area contributed by atoms with Crippen LogP contribution in [0.1, 0.15) is 38.7 Å². The van der Waals surface area contributed by atoms with Gasteiger partial charge in [-0.15, -0.1) is 11.8 Å². The number of para-hydroxylation sites is 1. The van der Waals surface area contributed by atoms with Gasteiger partial charge in [0.1, 0.15) is 4.75 Å². The maximum Gasteiger partial charge on any atom is 0.326 e. The molecule has 1 saturated heterocycles. The fraction of sp³-hybridized carbons (Fsp3) is 0.375. The smallest absolute Gasteiger partial charge is 0.326 e. The summed E-state index contributed by atoms with van der Waals surface area (Å²) in [5.41, 5.74) is 2.90. The maximum atomic E-state index is 13.2. The molecule has 0 aromatic heterocycles. The monoisotopic (exact) mass is 579 g/mol. The minimum Gasteiger partial charge on any atom is -0.480 e. The maximum absolute atomic E-state index is 13.2. The van der Waals surface area contributed by atoms with Crippen LogP contribution in [0.3, 0.4) is 0 Å². The number of hydrogen-bond donors (Lipinski definition) is 2. The summed E-state index contributed by atoms with van der Waals surface area (Å²) >= 11 is 7.37. The Kier molecular flexibility index (Phi) is 10.5. The number of anilines is 2. The molecule has 4 rings (SSSR count). The van der Waals surface area contributed by atoms with Crippen molar-refractivity contribution in [3.05, 3.63) is 89.4 Å². The van der Waals surface area contributed by atoms with Gasteiger partial charge in [-0.05, 0) is 119 Å². The van der Waals surface area contributed by atoms with Crippen LogP contribution in [0.2, 0.25) is 5.02 Å². The highest BCUT2D eigenvalue weighted by Gasteiger charge is 2.28. The SMILES string of the molecule is CC(C)(Sc1ccc(CC2CCN(CCCN(C(=O)Nc3ccc(Cl)cc3)c3ccccc3)CC2)cc1)C(=O)O. The largest absolute Gasteiger partial charge is 0.480 e. The molecule has 1 aliphatic heterocycles. The average molecular weight is 580 g/mol. The van der Waals surface area contributed by atoms with E-state index in [1.54, 1.807) is 43.0 Å². The summed E-state index contributed by atoms with van der Waals surface area (Å²) in [5.74, 6) is -0.154. The molecule has 1 fully saturated rings. The van der Waals surface area contributed by atoms with E-state index in [9.17, 15) is 14.7 Å². The zero-order valence-electron chi connectivity index (χ0n) is 23.2. The highest BCUT2D eigenvalue weighted by Crippen LogP contribution is 2.33. The number of carbonyl (C=O) groups excluding carboxylic acids is 1. The van der Waals surface area contributed by atoms with E-state index < -0.39 is 10.7 Å². The van der Waals surface area contributed by atoms with Crippen molar-refractivity contribution in [2.75, 3.05) is 36.4 Å². The molecule has 0 atom stereocenters. The van der Waals surface area contributed by atoms with Crippen LogP contribution in [-0.2, 0) is 11.2 Å². The predicted molar refractivity (Wildman–Crippen MR) is 166 cm³/mol. The molecule has 2 amide bonds. The minimum atomic E-state index is -0.840. The summed E-state index contributed by atoms with van der Waals surface area (Å²) < 4.78 is -0.840. The second-order valence-corrected chi connectivity index (χ2v) is 13.0.